The van der Waals surface area contributed by atoms with E-state index in [1.807, 2.05) is 11.6 Å². The molecule has 0 fully saturated rings. The number of hydrogen-bond acceptors (Lipinski definition) is 6. The molecule has 7 nitrogen and oxygen atoms in total. The Balaban J connectivity index is 1.36. The number of nitrogens with zero attached hydrogens (tertiary/aromatic N) is 3. The van der Waals surface area contributed by atoms with Crippen molar-refractivity contribution in [2.24, 2.45) is 7.05 Å². The van der Waals surface area contributed by atoms with E-state index in [0.29, 0.717) is 29.4 Å². The highest BCUT2D eigenvalue weighted by atomic mass is 32.2. The molecule has 0 atom stereocenters. The first-order valence-electron chi connectivity index (χ1n) is 8.84. The van der Waals surface area contributed by atoms with E-state index in [1.165, 1.54) is 11.1 Å². The largest absolute Gasteiger partial charge is 0.454 e. The molecule has 0 bridgehead atoms. The molecule has 0 spiro atoms. The van der Waals surface area contributed by atoms with Crippen molar-refractivity contribution in [3.05, 3.63) is 65.0 Å². The van der Waals surface area contributed by atoms with Gasteiger partial charge in [0.2, 0.25) is 6.79 Å². The molecule has 3 aromatic rings. The van der Waals surface area contributed by atoms with Gasteiger partial charge in [0.1, 0.15) is 0 Å². The second kappa shape index (κ2) is 7.93. The Bertz CT molecular complexity index is 1020. The lowest BCUT2D eigenvalue weighted by Crippen LogP contribution is -2.24. The zero-order chi connectivity index (χ0) is 19.5. The fourth-order valence-corrected chi connectivity index (χ4v) is 3.75. The SMILES string of the molecule is Cc1cccc(CSc2nnc(CNC(=O)c3ccc4c(c3)OCO4)n2C)c1. The fourth-order valence-electron chi connectivity index (χ4n) is 2.87. The normalized spacial score (nSPS) is 12.2. The molecule has 4 rings (SSSR count). The molecule has 1 N–H and O–H groups in total. The van der Waals surface area contributed by atoms with Crippen LogP contribution in [0.2, 0.25) is 0 Å². The van der Waals surface area contributed by atoms with Gasteiger partial charge in [-0.1, -0.05) is 41.6 Å². The summed E-state index contributed by atoms with van der Waals surface area (Å²) in [4.78, 5) is 12.4. The highest BCUT2D eigenvalue weighted by Gasteiger charge is 2.17. The first kappa shape index (κ1) is 18.4. The number of amides is 1. The molecule has 0 unspecified atom stereocenters. The van der Waals surface area contributed by atoms with E-state index < -0.39 is 0 Å². The third kappa shape index (κ3) is 3.96. The van der Waals surface area contributed by atoms with Crippen molar-refractivity contribution in [1.82, 2.24) is 20.1 Å². The molecule has 1 aliphatic heterocycles. The number of rotatable bonds is 6. The Morgan fingerprint density at radius 3 is 2.89 bits per heavy atom. The van der Waals surface area contributed by atoms with Crippen molar-refractivity contribution in [2.45, 2.75) is 24.4 Å². The number of aryl methyl sites for hydroxylation is 1. The van der Waals surface area contributed by atoms with Crippen molar-refractivity contribution < 1.29 is 14.3 Å². The summed E-state index contributed by atoms with van der Waals surface area (Å²) in [7, 11) is 1.90. The number of thioether (sulfide) groups is 1. The van der Waals surface area contributed by atoms with Crippen LogP contribution in [0.15, 0.2) is 47.6 Å². The Kier molecular flexibility index (Phi) is 5.21. The van der Waals surface area contributed by atoms with Gasteiger partial charge in [0, 0.05) is 18.4 Å². The maximum Gasteiger partial charge on any atom is 0.251 e. The summed E-state index contributed by atoms with van der Waals surface area (Å²) in [6.45, 7) is 2.56. The van der Waals surface area contributed by atoms with E-state index in [9.17, 15) is 4.79 Å². The monoisotopic (exact) mass is 396 g/mol. The Labute approximate surface area is 167 Å². The molecular weight excluding hydrogens is 376 g/mol. The van der Waals surface area contributed by atoms with E-state index in [-0.39, 0.29) is 12.7 Å². The minimum atomic E-state index is -0.199. The van der Waals surface area contributed by atoms with Gasteiger partial charge in [-0.15, -0.1) is 10.2 Å². The molecule has 0 saturated heterocycles. The maximum absolute atomic E-state index is 12.4. The topological polar surface area (TPSA) is 78.3 Å². The molecule has 0 saturated carbocycles. The van der Waals surface area contributed by atoms with Gasteiger partial charge in [0.05, 0.1) is 6.54 Å². The minimum Gasteiger partial charge on any atom is -0.454 e. The van der Waals surface area contributed by atoms with Crippen molar-refractivity contribution in [1.29, 1.82) is 0 Å². The molecule has 1 aromatic heterocycles. The van der Waals surface area contributed by atoms with Gasteiger partial charge in [-0.25, -0.2) is 0 Å². The zero-order valence-electron chi connectivity index (χ0n) is 15.6. The van der Waals surface area contributed by atoms with Crippen LogP contribution in [0.1, 0.15) is 27.3 Å². The Hall–Kier alpha value is -3.00. The number of benzene rings is 2. The van der Waals surface area contributed by atoms with Crippen LogP contribution in [0.4, 0.5) is 0 Å². The molecule has 8 heteroatoms. The van der Waals surface area contributed by atoms with Gasteiger partial charge >= 0.3 is 0 Å². The minimum absolute atomic E-state index is 0.183. The lowest BCUT2D eigenvalue weighted by atomic mass is 10.2. The highest BCUT2D eigenvalue weighted by Crippen LogP contribution is 2.32. The number of hydrogen-bond donors (Lipinski definition) is 1. The molecular formula is C20H20N4O3S. The average Bonchev–Trinajstić information content (AvgIpc) is 3.30. The highest BCUT2D eigenvalue weighted by molar-refractivity contribution is 7.98. The van der Waals surface area contributed by atoms with E-state index in [0.717, 1.165) is 10.9 Å². The van der Waals surface area contributed by atoms with E-state index in [4.69, 9.17) is 9.47 Å². The Morgan fingerprint density at radius 2 is 2.04 bits per heavy atom. The van der Waals surface area contributed by atoms with Crippen molar-refractivity contribution in [3.8, 4) is 11.5 Å². The fraction of sp³-hybridized carbons (Fsp3) is 0.250. The molecule has 2 heterocycles. The van der Waals surface area contributed by atoms with Gasteiger partial charge in [0.25, 0.3) is 5.91 Å². The van der Waals surface area contributed by atoms with Crippen molar-refractivity contribution >= 4 is 17.7 Å². The number of carbonyl (C=O) groups excluding carboxylic acids is 1. The summed E-state index contributed by atoms with van der Waals surface area (Å²) >= 11 is 1.62. The van der Waals surface area contributed by atoms with Gasteiger partial charge in [-0.3, -0.25) is 4.79 Å². The van der Waals surface area contributed by atoms with Crippen LogP contribution in [-0.2, 0) is 19.3 Å². The van der Waals surface area contributed by atoms with Gasteiger partial charge in [0.15, 0.2) is 22.5 Å². The number of carbonyl (C=O) groups is 1. The summed E-state index contributed by atoms with van der Waals surface area (Å²) in [5.41, 5.74) is 2.99. The number of aromatic nitrogens is 3. The van der Waals surface area contributed by atoms with Crippen LogP contribution < -0.4 is 14.8 Å². The molecule has 2 aromatic carbocycles. The van der Waals surface area contributed by atoms with Gasteiger partial charge < -0.3 is 19.4 Å². The number of nitrogens with one attached hydrogen (secondary N) is 1. The molecule has 1 amide bonds. The van der Waals surface area contributed by atoms with E-state index in [2.05, 4.69) is 46.7 Å². The van der Waals surface area contributed by atoms with Crippen molar-refractivity contribution in [2.75, 3.05) is 6.79 Å². The quantitative estimate of drug-likeness (QED) is 0.645. The van der Waals surface area contributed by atoms with Crippen molar-refractivity contribution in [3.63, 3.8) is 0 Å². The molecule has 28 heavy (non-hydrogen) atoms. The third-order valence-corrected chi connectivity index (χ3v) is 5.51. The first-order chi connectivity index (χ1) is 13.6. The van der Waals surface area contributed by atoms with E-state index >= 15 is 0 Å². The lowest BCUT2D eigenvalue weighted by Gasteiger charge is -2.07. The number of fused-ring (bicyclic) bond motifs is 1. The van der Waals surface area contributed by atoms with Crippen LogP contribution in [0.25, 0.3) is 0 Å². The summed E-state index contributed by atoms with van der Waals surface area (Å²) in [6.07, 6.45) is 0. The second-order valence-electron chi connectivity index (χ2n) is 6.49. The Morgan fingerprint density at radius 1 is 1.18 bits per heavy atom. The maximum atomic E-state index is 12.4. The van der Waals surface area contributed by atoms with Gasteiger partial charge in [-0.05, 0) is 30.7 Å². The second-order valence-corrected chi connectivity index (χ2v) is 7.43. The third-order valence-electron chi connectivity index (χ3n) is 4.42. The van der Waals surface area contributed by atoms with Crippen LogP contribution in [-0.4, -0.2) is 27.5 Å². The number of ether oxygens (including phenoxy) is 2. The summed E-state index contributed by atoms with van der Waals surface area (Å²) in [5, 5.41) is 12.1. The average molecular weight is 396 g/mol. The molecule has 0 radical (unpaired) electrons. The summed E-state index contributed by atoms with van der Waals surface area (Å²) in [6, 6.07) is 13.5. The van der Waals surface area contributed by atoms with Crippen LogP contribution in [0.5, 0.6) is 11.5 Å². The smallest absolute Gasteiger partial charge is 0.251 e. The lowest BCUT2D eigenvalue weighted by molar-refractivity contribution is 0.0949. The molecule has 0 aliphatic carbocycles. The summed E-state index contributed by atoms with van der Waals surface area (Å²) in [5.74, 6) is 2.55. The summed E-state index contributed by atoms with van der Waals surface area (Å²) < 4.78 is 12.5. The van der Waals surface area contributed by atoms with Crippen LogP contribution in [0, 0.1) is 6.92 Å². The predicted molar refractivity (Wildman–Crippen MR) is 105 cm³/mol. The molecule has 1 aliphatic rings. The van der Waals surface area contributed by atoms with E-state index in [1.54, 1.807) is 30.0 Å². The molecule has 144 valence electrons. The first-order valence-corrected chi connectivity index (χ1v) is 9.83. The van der Waals surface area contributed by atoms with Gasteiger partial charge in [-0.2, -0.15) is 0 Å². The van der Waals surface area contributed by atoms with Crippen LogP contribution in [0.3, 0.4) is 0 Å². The van der Waals surface area contributed by atoms with Crippen LogP contribution >= 0.6 is 11.8 Å². The standard InChI is InChI=1S/C20H20N4O3S/c1-13-4-3-5-14(8-13)11-28-20-23-22-18(24(20)2)10-21-19(25)15-6-7-16-17(9-15)27-12-26-16/h3-9H,10-12H2,1-2H3,(H,21,25). The predicted octanol–water partition coefficient (Wildman–Crippen LogP) is 3.07. The zero-order valence-corrected chi connectivity index (χ0v) is 16.5.